The highest BCUT2D eigenvalue weighted by Gasteiger charge is 2.09. The van der Waals surface area contributed by atoms with E-state index in [1.54, 1.807) is 30.3 Å². The molecule has 0 saturated heterocycles. The van der Waals surface area contributed by atoms with E-state index >= 15 is 0 Å². The van der Waals surface area contributed by atoms with Crippen molar-refractivity contribution < 1.29 is 24.1 Å². The third-order valence-corrected chi connectivity index (χ3v) is 3.20. The molecule has 1 amide bonds. The van der Waals surface area contributed by atoms with Crippen LogP contribution in [0.2, 0.25) is 0 Å². The zero-order valence-electron chi connectivity index (χ0n) is 13.6. The smallest absolute Gasteiger partial charge is 0.271 e. The number of carbonyl (C=O) groups is 1. The van der Waals surface area contributed by atoms with Crippen molar-refractivity contribution >= 4 is 12.1 Å². The van der Waals surface area contributed by atoms with E-state index in [4.69, 9.17) is 14.2 Å². The maximum Gasteiger partial charge on any atom is 0.271 e. The van der Waals surface area contributed by atoms with Gasteiger partial charge < -0.3 is 19.3 Å². The van der Waals surface area contributed by atoms with E-state index in [9.17, 15) is 9.90 Å². The number of methoxy groups -OCH3 is 3. The van der Waals surface area contributed by atoms with Gasteiger partial charge in [-0.2, -0.15) is 5.10 Å². The van der Waals surface area contributed by atoms with Gasteiger partial charge >= 0.3 is 0 Å². The molecule has 7 heteroatoms. The largest absolute Gasteiger partial charge is 0.504 e. The molecule has 2 rings (SSSR count). The number of aromatic hydroxyl groups is 1. The van der Waals surface area contributed by atoms with Crippen molar-refractivity contribution in [2.24, 2.45) is 5.10 Å². The first-order valence-electron chi connectivity index (χ1n) is 7.01. The van der Waals surface area contributed by atoms with Gasteiger partial charge in [-0.15, -0.1) is 0 Å². The fraction of sp³-hybridized carbons (Fsp3) is 0.176. The average molecular weight is 330 g/mol. The minimum atomic E-state index is -0.416. The Morgan fingerprint density at radius 2 is 1.71 bits per heavy atom. The molecule has 24 heavy (non-hydrogen) atoms. The molecule has 0 atom stereocenters. The quantitative estimate of drug-likeness (QED) is 0.626. The molecule has 2 aromatic rings. The topological polar surface area (TPSA) is 89.4 Å². The molecular formula is C17H18N2O5. The zero-order valence-corrected chi connectivity index (χ0v) is 13.6. The van der Waals surface area contributed by atoms with Gasteiger partial charge in [0.15, 0.2) is 11.5 Å². The number of nitrogens with one attached hydrogen (secondary N) is 1. The average Bonchev–Trinajstić information content (AvgIpc) is 2.61. The Labute approximate surface area is 139 Å². The Hall–Kier alpha value is -3.22. The molecule has 0 bridgehead atoms. The van der Waals surface area contributed by atoms with Crippen molar-refractivity contribution in [1.82, 2.24) is 5.43 Å². The molecule has 2 N–H and O–H groups in total. The second kappa shape index (κ2) is 7.87. The van der Waals surface area contributed by atoms with Crippen LogP contribution in [0.5, 0.6) is 23.0 Å². The summed E-state index contributed by atoms with van der Waals surface area (Å²) < 4.78 is 15.2. The summed E-state index contributed by atoms with van der Waals surface area (Å²) in [4.78, 5) is 12.1. The van der Waals surface area contributed by atoms with E-state index in [2.05, 4.69) is 10.5 Å². The van der Waals surface area contributed by atoms with Crippen LogP contribution in [0, 0.1) is 0 Å². The minimum absolute atomic E-state index is 0.00897. The molecule has 2 aromatic carbocycles. The lowest BCUT2D eigenvalue weighted by atomic mass is 10.2. The maximum atomic E-state index is 12.1. The van der Waals surface area contributed by atoms with Gasteiger partial charge in [-0.05, 0) is 35.9 Å². The van der Waals surface area contributed by atoms with Crippen LogP contribution >= 0.6 is 0 Å². The van der Waals surface area contributed by atoms with Crippen molar-refractivity contribution in [2.45, 2.75) is 0 Å². The van der Waals surface area contributed by atoms with Gasteiger partial charge in [-0.3, -0.25) is 4.79 Å². The van der Waals surface area contributed by atoms with Crippen LogP contribution < -0.4 is 19.6 Å². The number of hydrogen-bond acceptors (Lipinski definition) is 6. The van der Waals surface area contributed by atoms with Crippen LogP contribution in [0.4, 0.5) is 0 Å². The van der Waals surface area contributed by atoms with E-state index in [1.807, 2.05) is 0 Å². The van der Waals surface area contributed by atoms with Crippen LogP contribution in [-0.4, -0.2) is 38.6 Å². The molecule has 7 nitrogen and oxygen atoms in total. The number of phenolic OH excluding ortho intramolecular Hbond substituents is 1. The summed E-state index contributed by atoms with van der Waals surface area (Å²) in [6, 6.07) is 9.59. The van der Waals surface area contributed by atoms with E-state index in [0.717, 1.165) is 0 Å². The number of benzene rings is 2. The Bertz CT molecular complexity index is 736. The molecular weight excluding hydrogens is 312 g/mol. The summed E-state index contributed by atoms with van der Waals surface area (Å²) in [6.07, 6.45) is 1.41. The normalized spacial score (nSPS) is 10.5. The summed E-state index contributed by atoms with van der Waals surface area (Å²) in [5.74, 6) is 0.943. The number of carbonyl (C=O) groups excluding carboxylic acids is 1. The fourth-order valence-electron chi connectivity index (χ4n) is 1.96. The molecule has 0 aliphatic heterocycles. The number of rotatable bonds is 6. The molecule has 0 aliphatic carbocycles. The van der Waals surface area contributed by atoms with Crippen LogP contribution in [0.25, 0.3) is 0 Å². The lowest BCUT2D eigenvalue weighted by Gasteiger charge is -2.07. The number of nitrogens with zero attached hydrogens (tertiary/aromatic N) is 1. The highest BCUT2D eigenvalue weighted by molar-refractivity contribution is 5.95. The summed E-state index contributed by atoms with van der Waals surface area (Å²) in [5.41, 5.74) is 3.36. The van der Waals surface area contributed by atoms with Gasteiger partial charge in [0, 0.05) is 11.6 Å². The summed E-state index contributed by atoms with van der Waals surface area (Å²) in [5, 5.41) is 13.6. The Morgan fingerprint density at radius 1 is 1.04 bits per heavy atom. The van der Waals surface area contributed by atoms with Crippen molar-refractivity contribution in [3.63, 3.8) is 0 Å². The van der Waals surface area contributed by atoms with Crippen molar-refractivity contribution in [3.8, 4) is 23.0 Å². The number of ether oxygens (including phenoxy) is 3. The third kappa shape index (κ3) is 4.16. The second-order valence-electron chi connectivity index (χ2n) is 4.73. The standard InChI is InChI=1S/C17H18N2O5/c1-22-13-7-12(8-14(9-13)23-2)17(21)19-18-10-11-4-5-16(24-3)15(20)6-11/h4-10,20H,1-3H3,(H,19,21)/b18-10-. The number of phenols is 1. The first kappa shape index (κ1) is 17.1. The second-order valence-corrected chi connectivity index (χ2v) is 4.73. The predicted octanol–water partition coefficient (Wildman–Crippen LogP) is 2.18. The summed E-state index contributed by atoms with van der Waals surface area (Å²) in [7, 11) is 4.47. The van der Waals surface area contributed by atoms with Gasteiger partial charge in [0.25, 0.3) is 5.91 Å². The SMILES string of the molecule is COc1cc(OC)cc(C(=O)N/N=C\c2ccc(OC)c(O)c2)c1. The van der Waals surface area contributed by atoms with E-state index in [0.29, 0.717) is 28.4 Å². The molecule has 0 heterocycles. The molecule has 126 valence electrons. The Balaban J connectivity index is 2.08. The molecule has 0 radical (unpaired) electrons. The highest BCUT2D eigenvalue weighted by atomic mass is 16.5. The van der Waals surface area contributed by atoms with Crippen LogP contribution in [-0.2, 0) is 0 Å². The molecule has 0 unspecified atom stereocenters. The van der Waals surface area contributed by atoms with Gasteiger partial charge in [0.05, 0.1) is 27.5 Å². The molecule has 0 fully saturated rings. The first-order valence-corrected chi connectivity index (χ1v) is 7.01. The molecule has 0 aliphatic rings. The Morgan fingerprint density at radius 3 is 2.25 bits per heavy atom. The van der Waals surface area contributed by atoms with Crippen molar-refractivity contribution in [3.05, 3.63) is 47.5 Å². The van der Waals surface area contributed by atoms with Crippen molar-refractivity contribution in [2.75, 3.05) is 21.3 Å². The molecule has 0 spiro atoms. The summed E-state index contributed by atoms with van der Waals surface area (Å²) >= 11 is 0. The van der Waals surface area contributed by atoms with Gasteiger partial charge in [-0.25, -0.2) is 5.43 Å². The number of hydrazone groups is 1. The monoisotopic (exact) mass is 330 g/mol. The first-order chi connectivity index (χ1) is 11.6. The molecule has 0 aromatic heterocycles. The number of hydrogen-bond donors (Lipinski definition) is 2. The lowest BCUT2D eigenvalue weighted by molar-refractivity contribution is 0.0954. The third-order valence-electron chi connectivity index (χ3n) is 3.20. The maximum absolute atomic E-state index is 12.1. The predicted molar refractivity (Wildman–Crippen MR) is 89.3 cm³/mol. The fourth-order valence-corrected chi connectivity index (χ4v) is 1.96. The van der Waals surface area contributed by atoms with E-state index in [1.165, 1.54) is 33.6 Å². The van der Waals surface area contributed by atoms with Crippen LogP contribution in [0.3, 0.4) is 0 Å². The van der Waals surface area contributed by atoms with E-state index < -0.39 is 5.91 Å². The Kier molecular flexibility index (Phi) is 5.62. The van der Waals surface area contributed by atoms with Crippen molar-refractivity contribution in [1.29, 1.82) is 0 Å². The molecule has 0 saturated carbocycles. The summed E-state index contributed by atoms with van der Waals surface area (Å²) in [6.45, 7) is 0. The van der Waals surface area contributed by atoms with Gasteiger partial charge in [0.1, 0.15) is 11.5 Å². The minimum Gasteiger partial charge on any atom is -0.504 e. The number of amides is 1. The lowest BCUT2D eigenvalue weighted by Crippen LogP contribution is -2.17. The van der Waals surface area contributed by atoms with Crippen LogP contribution in [0.15, 0.2) is 41.5 Å². The van der Waals surface area contributed by atoms with E-state index in [-0.39, 0.29) is 5.75 Å². The zero-order chi connectivity index (χ0) is 17.5. The highest BCUT2D eigenvalue weighted by Crippen LogP contribution is 2.25. The van der Waals surface area contributed by atoms with Crippen LogP contribution in [0.1, 0.15) is 15.9 Å². The van der Waals surface area contributed by atoms with Gasteiger partial charge in [0.2, 0.25) is 0 Å². The van der Waals surface area contributed by atoms with Gasteiger partial charge in [-0.1, -0.05) is 0 Å².